The number of aliphatic hydroxyl groups excluding tert-OH is 1. The van der Waals surface area contributed by atoms with Gasteiger partial charge in [-0.2, -0.15) is 0 Å². The summed E-state index contributed by atoms with van der Waals surface area (Å²) in [4.78, 5) is 14.9. The second kappa shape index (κ2) is 12.2. The highest BCUT2D eigenvalue weighted by atomic mass is 35.5. The lowest BCUT2D eigenvalue weighted by Crippen LogP contribution is -2.25. The molecule has 13 heteroatoms. The number of hydrogen-bond acceptors (Lipinski definition) is 12. The van der Waals surface area contributed by atoms with E-state index in [0.717, 1.165) is 0 Å². The van der Waals surface area contributed by atoms with Crippen molar-refractivity contribution in [1.82, 2.24) is 19.9 Å². The van der Waals surface area contributed by atoms with Crippen molar-refractivity contribution in [2.45, 2.75) is 51.5 Å². The van der Waals surface area contributed by atoms with Gasteiger partial charge in [0.25, 0.3) is 0 Å². The van der Waals surface area contributed by atoms with E-state index in [4.69, 9.17) is 51.9 Å². The number of ether oxygens (including phenoxy) is 5. The molecule has 0 unspecified atom stereocenters. The SMILES string of the molecule is CC1(C)OC[C@@H](CO)O1.CC1(C)OC[C@@H](COc2cc(N)ncn2)O1.Nc1cc(Cl)ncn1. The minimum atomic E-state index is -0.529. The first kappa shape index (κ1) is 26.9. The summed E-state index contributed by atoms with van der Waals surface area (Å²) < 4.78 is 26.8. The molecule has 184 valence electrons. The van der Waals surface area contributed by atoms with Gasteiger partial charge < -0.3 is 40.3 Å². The topological polar surface area (TPSA) is 170 Å². The summed E-state index contributed by atoms with van der Waals surface area (Å²) in [7, 11) is 0. The first-order valence-corrected chi connectivity index (χ1v) is 10.5. The van der Waals surface area contributed by atoms with Crippen LogP contribution in [0.1, 0.15) is 27.7 Å². The van der Waals surface area contributed by atoms with E-state index in [2.05, 4.69) is 19.9 Å². The van der Waals surface area contributed by atoms with Gasteiger partial charge in [-0.05, 0) is 27.7 Å². The number of nitrogen functional groups attached to an aromatic ring is 2. The molecule has 0 aliphatic carbocycles. The van der Waals surface area contributed by atoms with Crippen LogP contribution in [0.2, 0.25) is 5.15 Å². The molecular weight excluding hydrogens is 456 g/mol. The Kier molecular flexibility index (Phi) is 9.95. The molecule has 2 aliphatic heterocycles. The second-order valence-electron chi connectivity index (χ2n) is 7.94. The van der Waals surface area contributed by atoms with Crippen LogP contribution in [0.25, 0.3) is 0 Å². The standard InChI is InChI=1S/C10H15N3O3.C6H12O3.C4H4ClN3/c1-10(2)15-5-7(16-10)4-14-9-3-8(11)12-6-13-9;1-6(2)8-4-5(3-7)9-6;5-3-1-4(6)8-2-7-3/h3,6-7H,4-5H2,1-2H3,(H2,11,12,13);5,7H,3-4H2,1-2H3;1-2H,(H2,6,7,8)/t7-;5-;/m11./s1. The summed E-state index contributed by atoms with van der Waals surface area (Å²) in [6, 6.07) is 3.06. The lowest BCUT2D eigenvalue weighted by atomic mass is 10.4. The second-order valence-corrected chi connectivity index (χ2v) is 8.33. The minimum Gasteiger partial charge on any atom is -0.475 e. The van der Waals surface area contributed by atoms with Crippen LogP contribution in [0.15, 0.2) is 24.8 Å². The number of aliphatic hydroxyl groups is 1. The van der Waals surface area contributed by atoms with E-state index >= 15 is 0 Å². The van der Waals surface area contributed by atoms with Crippen molar-refractivity contribution in [2.75, 3.05) is 37.9 Å². The molecule has 0 aromatic carbocycles. The fourth-order valence-corrected chi connectivity index (χ4v) is 2.81. The molecule has 0 bridgehead atoms. The Morgan fingerprint density at radius 1 is 0.939 bits per heavy atom. The molecule has 4 rings (SSSR count). The van der Waals surface area contributed by atoms with Gasteiger partial charge in [0, 0.05) is 12.1 Å². The summed E-state index contributed by atoms with van der Waals surface area (Å²) in [5, 5.41) is 8.97. The molecule has 12 nitrogen and oxygen atoms in total. The molecule has 2 fully saturated rings. The van der Waals surface area contributed by atoms with Crippen LogP contribution >= 0.6 is 11.6 Å². The molecule has 2 aromatic rings. The van der Waals surface area contributed by atoms with Crippen molar-refractivity contribution < 1.29 is 28.8 Å². The smallest absolute Gasteiger partial charge is 0.218 e. The molecule has 4 heterocycles. The van der Waals surface area contributed by atoms with Crippen molar-refractivity contribution in [3.8, 4) is 5.88 Å². The molecule has 5 N–H and O–H groups in total. The van der Waals surface area contributed by atoms with Crippen molar-refractivity contribution in [3.63, 3.8) is 0 Å². The van der Waals surface area contributed by atoms with Crippen LogP contribution in [0.3, 0.4) is 0 Å². The fraction of sp³-hybridized carbons (Fsp3) is 0.600. The quantitative estimate of drug-likeness (QED) is 0.532. The van der Waals surface area contributed by atoms with E-state index in [0.29, 0.717) is 42.5 Å². The van der Waals surface area contributed by atoms with Crippen molar-refractivity contribution in [1.29, 1.82) is 0 Å². The first-order chi connectivity index (χ1) is 15.5. The largest absolute Gasteiger partial charge is 0.475 e. The molecule has 2 saturated heterocycles. The summed E-state index contributed by atoms with van der Waals surface area (Å²) >= 11 is 5.41. The molecule has 33 heavy (non-hydrogen) atoms. The van der Waals surface area contributed by atoms with E-state index < -0.39 is 11.6 Å². The molecule has 0 radical (unpaired) electrons. The van der Waals surface area contributed by atoms with Crippen LogP contribution in [0.5, 0.6) is 5.88 Å². The number of halogens is 1. The third-order valence-corrected chi connectivity index (χ3v) is 4.28. The minimum absolute atomic E-state index is 0.0451. The monoisotopic (exact) mass is 486 g/mol. The Balaban J connectivity index is 0.000000192. The van der Waals surface area contributed by atoms with Gasteiger partial charge in [0.05, 0.1) is 19.8 Å². The van der Waals surface area contributed by atoms with Gasteiger partial charge in [0.2, 0.25) is 5.88 Å². The maximum absolute atomic E-state index is 8.59. The van der Waals surface area contributed by atoms with Crippen LogP contribution in [0, 0.1) is 0 Å². The van der Waals surface area contributed by atoms with Crippen LogP contribution in [-0.2, 0) is 18.9 Å². The lowest BCUT2D eigenvalue weighted by molar-refractivity contribution is -0.142. The van der Waals surface area contributed by atoms with Crippen molar-refractivity contribution in [3.05, 3.63) is 29.9 Å². The number of anilines is 2. The zero-order valence-electron chi connectivity index (χ0n) is 19.1. The summed E-state index contributed by atoms with van der Waals surface area (Å²) in [5.41, 5.74) is 10.7. The Morgan fingerprint density at radius 2 is 1.48 bits per heavy atom. The predicted molar refractivity (Wildman–Crippen MR) is 120 cm³/mol. The fourth-order valence-electron chi connectivity index (χ4n) is 2.66. The van der Waals surface area contributed by atoms with Gasteiger partial charge in [-0.3, -0.25) is 0 Å². The van der Waals surface area contributed by atoms with Crippen LogP contribution in [0.4, 0.5) is 11.6 Å². The number of aromatic nitrogens is 4. The van der Waals surface area contributed by atoms with Crippen LogP contribution in [-0.4, -0.2) is 75.3 Å². The van der Waals surface area contributed by atoms with Crippen LogP contribution < -0.4 is 16.2 Å². The maximum atomic E-state index is 8.59. The Labute approximate surface area is 197 Å². The van der Waals surface area contributed by atoms with Gasteiger partial charge >= 0.3 is 0 Å². The zero-order chi connectivity index (χ0) is 24.5. The third kappa shape index (κ3) is 10.4. The maximum Gasteiger partial charge on any atom is 0.218 e. The van der Waals surface area contributed by atoms with Crippen molar-refractivity contribution >= 4 is 23.2 Å². The number of rotatable bonds is 4. The Bertz CT molecular complexity index is 857. The van der Waals surface area contributed by atoms with E-state index in [1.807, 2.05) is 27.7 Å². The molecule has 0 saturated carbocycles. The Morgan fingerprint density at radius 3 is 1.88 bits per heavy atom. The van der Waals surface area contributed by atoms with Gasteiger partial charge in [-0.1, -0.05) is 11.6 Å². The highest BCUT2D eigenvalue weighted by Gasteiger charge is 2.33. The average Bonchev–Trinajstić information content (AvgIpc) is 3.27. The van der Waals surface area contributed by atoms with Crippen molar-refractivity contribution in [2.24, 2.45) is 0 Å². The highest BCUT2D eigenvalue weighted by Crippen LogP contribution is 2.23. The summed E-state index contributed by atoms with van der Waals surface area (Å²) in [5.74, 6) is 0.200. The molecule has 0 amide bonds. The number of nitrogens with zero attached hydrogens (tertiary/aromatic N) is 4. The van der Waals surface area contributed by atoms with Gasteiger partial charge in [0.15, 0.2) is 11.6 Å². The van der Waals surface area contributed by atoms with E-state index in [-0.39, 0.29) is 18.8 Å². The normalized spacial score (nSPS) is 22.5. The van der Waals surface area contributed by atoms with Gasteiger partial charge in [-0.15, -0.1) is 0 Å². The molecule has 2 aliphatic rings. The van der Waals surface area contributed by atoms with E-state index in [1.54, 1.807) is 6.07 Å². The summed E-state index contributed by atoms with van der Waals surface area (Å²) in [6.45, 7) is 8.87. The molecule has 2 aromatic heterocycles. The highest BCUT2D eigenvalue weighted by molar-refractivity contribution is 6.29. The average molecular weight is 487 g/mol. The third-order valence-electron chi connectivity index (χ3n) is 4.07. The number of nitrogens with two attached hydrogens (primary N) is 2. The van der Waals surface area contributed by atoms with E-state index in [1.165, 1.54) is 18.7 Å². The van der Waals surface area contributed by atoms with Gasteiger partial charge in [-0.25, -0.2) is 19.9 Å². The summed E-state index contributed by atoms with van der Waals surface area (Å²) in [6.07, 6.45) is 2.48. The molecule has 2 atom stereocenters. The first-order valence-electron chi connectivity index (χ1n) is 10.2. The molecular formula is C20H31ClN6O6. The molecule has 0 spiro atoms. The predicted octanol–water partition coefficient (Wildman–Crippen LogP) is 1.43. The zero-order valence-corrected chi connectivity index (χ0v) is 19.9. The van der Waals surface area contributed by atoms with E-state index in [9.17, 15) is 0 Å². The van der Waals surface area contributed by atoms with Gasteiger partial charge in [0.1, 0.15) is 48.3 Å². The number of hydrogen-bond donors (Lipinski definition) is 3. The lowest BCUT2D eigenvalue weighted by Gasteiger charge is -2.17. The Hall–Kier alpha value is -2.35.